The largest absolute Gasteiger partial charge is 0.378 e. The van der Waals surface area contributed by atoms with Crippen molar-refractivity contribution in [1.29, 1.82) is 0 Å². The monoisotopic (exact) mass is 247 g/mol. The summed E-state index contributed by atoms with van der Waals surface area (Å²) in [6.07, 6.45) is 2.52. The molecule has 0 spiro atoms. The smallest absolute Gasteiger partial charge is 0.0387 e. The molecule has 1 aliphatic heterocycles. The minimum atomic E-state index is 0.645. The van der Waals surface area contributed by atoms with Gasteiger partial charge in [-0.05, 0) is 24.6 Å². The maximum absolute atomic E-state index is 3.61. The number of hydrogen-bond donors (Lipinski definition) is 1. The second kappa shape index (κ2) is 6.10. The molecule has 1 aliphatic rings. The van der Waals surface area contributed by atoms with Crippen LogP contribution < -0.4 is 15.1 Å². The molecule has 0 bridgehead atoms. The summed E-state index contributed by atoms with van der Waals surface area (Å²) in [5, 5.41) is 3.61. The van der Waals surface area contributed by atoms with E-state index in [1.165, 1.54) is 24.2 Å². The van der Waals surface area contributed by atoms with Crippen LogP contribution in [0.2, 0.25) is 0 Å². The highest BCUT2D eigenvalue weighted by Gasteiger charge is 2.18. The molecule has 18 heavy (non-hydrogen) atoms. The lowest BCUT2D eigenvalue weighted by Crippen LogP contribution is -2.50. The average Bonchev–Trinajstić information content (AvgIpc) is 2.39. The van der Waals surface area contributed by atoms with Crippen LogP contribution in [0.5, 0.6) is 0 Å². The summed E-state index contributed by atoms with van der Waals surface area (Å²) in [4.78, 5) is 4.67. The molecule has 1 aromatic carbocycles. The Balaban J connectivity index is 2.08. The summed E-state index contributed by atoms with van der Waals surface area (Å²) in [6, 6.07) is 9.47. The topological polar surface area (TPSA) is 18.5 Å². The molecule has 1 aromatic rings. The van der Waals surface area contributed by atoms with Crippen molar-refractivity contribution in [3.8, 4) is 0 Å². The summed E-state index contributed by atoms with van der Waals surface area (Å²) >= 11 is 0. The molecular formula is C15H25N3. The number of nitrogens with one attached hydrogen (secondary N) is 1. The molecule has 1 atom stereocenters. The summed E-state index contributed by atoms with van der Waals surface area (Å²) in [5.41, 5.74) is 2.63. The average molecular weight is 247 g/mol. The van der Waals surface area contributed by atoms with Gasteiger partial charge in [-0.2, -0.15) is 0 Å². The number of rotatable bonds is 4. The van der Waals surface area contributed by atoms with Crippen LogP contribution in [0.3, 0.4) is 0 Å². The zero-order valence-electron chi connectivity index (χ0n) is 11.8. The van der Waals surface area contributed by atoms with Gasteiger partial charge in [-0.1, -0.05) is 19.4 Å². The van der Waals surface area contributed by atoms with Crippen LogP contribution in [0.15, 0.2) is 24.3 Å². The molecule has 3 heteroatoms. The zero-order valence-corrected chi connectivity index (χ0v) is 11.8. The van der Waals surface area contributed by atoms with E-state index >= 15 is 0 Å². The van der Waals surface area contributed by atoms with Crippen molar-refractivity contribution in [2.45, 2.75) is 25.8 Å². The van der Waals surface area contributed by atoms with Gasteiger partial charge >= 0.3 is 0 Å². The van der Waals surface area contributed by atoms with E-state index in [1.807, 2.05) is 0 Å². The number of nitrogens with zero attached hydrogens (tertiary/aromatic N) is 2. The van der Waals surface area contributed by atoms with E-state index in [2.05, 4.69) is 60.4 Å². The second-order valence-electron chi connectivity index (χ2n) is 5.30. The molecule has 1 saturated heterocycles. The van der Waals surface area contributed by atoms with Gasteiger partial charge in [-0.15, -0.1) is 0 Å². The van der Waals surface area contributed by atoms with E-state index < -0.39 is 0 Å². The van der Waals surface area contributed by atoms with Crippen molar-refractivity contribution in [2.75, 3.05) is 43.5 Å². The molecule has 2 rings (SSSR count). The maximum atomic E-state index is 3.61. The van der Waals surface area contributed by atoms with E-state index in [1.54, 1.807) is 0 Å². The van der Waals surface area contributed by atoms with Crippen molar-refractivity contribution in [3.63, 3.8) is 0 Å². The molecule has 0 aliphatic carbocycles. The zero-order chi connectivity index (χ0) is 13.0. The fraction of sp³-hybridized carbons (Fsp3) is 0.600. The first-order valence-corrected chi connectivity index (χ1v) is 6.96. The first-order valence-electron chi connectivity index (χ1n) is 6.96. The van der Waals surface area contributed by atoms with Gasteiger partial charge in [-0.3, -0.25) is 0 Å². The number of hydrogen-bond acceptors (Lipinski definition) is 3. The van der Waals surface area contributed by atoms with E-state index in [4.69, 9.17) is 0 Å². The van der Waals surface area contributed by atoms with Crippen molar-refractivity contribution >= 4 is 11.4 Å². The van der Waals surface area contributed by atoms with Crippen molar-refractivity contribution in [1.82, 2.24) is 5.32 Å². The van der Waals surface area contributed by atoms with Gasteiger partial charge in [0.15, 0.2) is 0 Å². The fourth-order valence-corrected chi connectivity index (χ4v) is 2.57. The minimum absolute atomic E-state index is 0.645. The lowest BCUT2D eigenvalue weighted by Gasteiger charge is -2.35. The quantitative estimate of drug-likeness (QED) is 0.881. The Bertz CT molecular complexity index is 374. The number of anilines is 2. The molecular weight excluding hydrogens is 222 g/mol. The van der Waals surface area contributed by atoms with Crippen molar-refractivity contribution in [3.05, 3.63) is 24.3 Å². The van der Waals surface area contributed by atoms with Crippen LogP contribution in [0, 0.1) is 0 Å². The molecule has 1 unspecified atom stereocenters. The Labute approximate surface area is 111 Å². The third kappa shape index (κ3) is 3.16. The van der Waals surface area contributed by atoms with Crippen molar-refractivity contribution < 1.29 is 0 Å². The summed E-state index contributed by atoms with van der Waals surface area (Å²) < 4.78 is 0. The van der Waals surface area contributed by atoms with E-state index in [0.717, 1.165) is 19.6 Å². The van der Waals surface area contributed by atoms with Crippen LogP contribution in [0.4, 0.5) is 11.4 Å². The van der Waals surface area contributed by atoms with Gasteiger partial charge in [0.1, 0.15) is 0 Å². The van der Waals surface area contributed by atoms with Gasteiger partial charge in [0, 0.05) is 51.1 Å². The molecule has 1 N–H and O–H groups in total. The fourth-order valence-electron chi connectivity index (χ4n) is 2.57. The summed E-state index contributed by atoms with van der Waals surface area (Å²) in [5.74, 6) is 0. The van der Waals surface area contributed by atoms with Gasteiger partial charge in [-0.25, -0.2) is 0 Å². The Hall–Kier alpha value is -1.22. The molecule has 1 fully saturated rings. The molecule has 0 amide bonds. The van der Waals surface area contributed by atoms with Gasteiger partial charge < -0.3 is 15.1 Å². The molecule has 1 heterocycles. The third-order valence-corrected chi connectivity index (χ3v) is 3.60. The van der Waals surface area contributed by atoms with E-state index in [-0.39, 0.29) is 0 Å². The van der Waals surface area contributed by atoms with Gasteiger partial charge in [0.25, 0.3) is 0 Å². The first kappa shape index (κ1) is 13.2. The third-order valence-electron chi connectivity index (χ3n) is 3.60. The lowest BCUT2D eigenvalue weighted by atomic mass is 10.1. The Kier molecular flexibility index (Phi) is 4.48. The Morgan fingerprint density at radius 2 is 2.22 bits per heavy atom. The maximum Gasteiger partial charge on any atom is 0.0387 e. The normalized spacial score (nSPS) is 19.9. The summed E-state index contributed by atoms with van der Waals surface area (Å²) in [6.45, 7) is 5.59. The highest BCUT2D eigenvalue weighted by molar-refractivity contribution is 5.59. The summed E-state index contributed by atoms with van der Waals surface area (Å²) in [7, 11) is 4.19. The second-order valence-corrected chi connectivity index (χ2v) is 5.30. The first-order chi connectivity index (χ1) is 8.70. The van der Waals surface area contributed by atoms with Crippen LogP contribution >= 0.6 is 0 Å². The molecule has 0 aromatic heterocycles. The van der Waals surface area contributed by atoms with Gasteiger partial charge in [0.05, 0.1) is 0 Å². The molecule has 100 valence electrons. The highest BCUT2D eigenvalue weighted by atomic mass is 15.2. The minimum Gasteiger partial charge on any atom is -0.378 e. The Morgan fingerprint density at radius 1 is 1.39 bits per heavy atom. The SMILES string of the molecule is CCCC1CN(c2cccc(N(C)C)c2)CCN1. The van der Waals surface area contributed by atoms with Crippen LogP contribution in [0.1, 0.15) is 19.8 Å². The standard InChI is InChI=1S/C15H25N3/c1-4-6-13-12-18(10-9-16-13)15-8-5-7-14(11-15)17(2)3/h5,7-8,11,13,16H,4,6,9-10,12H2,1-3H3. The molecule has 0 saturated carbocycles. The van der Waals surface area contributed by atoms with Crippen LogP contribution in [0.25, 0.3) is 0 Å². The van der Waals surface area contributed by atoms with E-state index in [0.29, 0.717) is 6.04 Å². The Morgan fingerprint density at radius 3 is 2.94 bits per heavy atom. The predicted molar refractivity (Wildman–Crippen MR) is 79.7 cm³/mol. The number of benzene rings is 1. The number of piperazine rings is 1. The molecule has 0 radical (unpaired) electrons. The van der Waals surface area contributed by atoms with E-state index in [9.17, 15) is 0 Å². The lowest BCUT2D eigenvalue weighted by molar-refractivity contribution is 0.431. The molecule has 3 nitrogen and oxygen atoms in total. The van der Waals surface area contributed by atoms with Crippen LogP contribution in [-0.4, -0.2) is 39.8 Å². The highest BCUT2D eigenvalue weighted by Crippen LogP contribution is 2.22. The van der Waals surface area contributed by atoms with Crippen LogP contribution in [-0.2, 0) is 0 Å². The van der Waals surface area contributed by atoms with Gasteiger partial charge in [0.2, 0.25) is 0 Å². The van der Waals surface area contributed by atoms with Crippen molar-refractivity contribution in [2.24, 2.45) is 0 Å². The predicted octanol–water partition coefficient (Wildman–Crippen LogP) is 2.33.